The van der Waals surface area contributed by atoms with E-state index >= 15 is 0 Å². The van der Waals surface area contributed by atoms with E-state index in [0.717, 1.165) is 11.1 Å². The molecule has 6 nitrogen and oxygen atoms in total. The van der Waals surface area contributed by atoms with Crippen LogP contribution in [0.1, 0.15) is 36.4 Å². The highest BCUT2D eigenvalue weighted by Crippen LogP contribution is 2.38. The fourth-order valence-corrected chi connectivity index (χ4v) is 3.31. The van der Waals surface area contributed by atoms with E-state index in [-0.39, 0.29) is 24.5 Å². The Morgan fingerprint density at radius 2 is 1.96 bits per heavy atom. The number of amides is 1. The van der Waals surface area contributed by atoms with E-state index in [0.29, 0.717) is 25.1 Å². The van der Waals surface area contributed by atoms with Crippen molar-refractivity contribution in [3.8, 4) is 5.88 Å². The highest BCUT2D eigenvalue weighted by atomic mass is 16.5. The number of carbonyl (C=O) groups is 2. The van der Waals surface area contributed by atoms with Crippen molar-refractivity contribution in [2.75, 3.05) is 7.11 Å². The van der Waals surface area contributed by atoms with Crippen LogP contribution in [-0.4, -0.2) is 35.0 Å². The Labute approximate surface area is 158 Å². The van der Waals surface area contributed by atoms with Gasteiger partial charge in [-0.15, -0.1) is 0 Å². The molecule has 0 unspecified atom stereocenters. The Kier molecular flexibility index (Phi) is 6.19. The van der Waals surface area contributed by atoms with Crippen LogP contribution in [0.4, 0.5) is 0 Å². The van der Waals surface area contributed by atoms with Crippen molar-refractivity contribution in [1.29, 1.82) is 0 Å². The zero-order valence-electron chi connectivity index (χ0n) is 15.3. The van der Waals surface area contributed by atoms with Gasteiger partial charge in [0.25, 0.3) is 5.91 Å². The monoisotopic (exact) mass is 368 g/mol. The van der Waals surface area contributed by atoms with Crippen molar-refractivity contribution in [3.63, 3.8) is 0 Å². The number of nitrogens with zero attached hydrogens (tertiary/aromatic N) is 1. The zero-order chi connectivity index (χ0) is 19.2. The first-order valence-electron chi connectivity index (χ1n) is 9.12. The molecule has 27 heavy (non-hydrogen) atoms. The minimum Gasteiger partial charge on any atom is -0.481 e. The molecule has 2 aromatic rings. The average molecular weight is 368 g/mol. The Morgan fingerprint density at radius 1 is 1.22 bits per heavy atom. The minimum absolute atomic E-state index is 0.0843. The van der Waals surface area contributed by atoms with Gasteiger partial charge in [0.05, 0.1) is 19.3 Å². The number of pyridine rings is 1. The molecule has 1 aromatic heterocycles. The van der Waals surface area contributed by atoms with Crippen molar-refractivity contribution < 1.29 is 19.4 Å². The van der Waals surface area contributed by atoms with Gasteiger partial charge in [-0.2, -0.15) is 0 Å². The van der Waals surface area contributed by atoms with E-state index in [9.17, 15) is 14.7 Å². The Bertz CT molecular complexity index is 771. The number of nitrogens with one attached hydrogen (secondary N) is 1. The van der Waals surface area contributed by atoms with Crippen LogP contribution in [0, 0.1) is 5.92 Å². The van der Waals surface area contributed by atoms with Crippen molar-refractivity contribution >= 4 is 11.7 Å². The topological polar surface area (TPSA) is 88.5 Å². The van der Waals surface area contributed by atoms with Crippen LogP contribution in [0.25, 0.3) is 0 Å². The number of ketones is 1. The lowest BCUT2D eigenvalue weighted by molar-refractivity contribution is -0.139. The number of benzene rings is 1. The highest BCUT2D eigenvalue weighted by Gasteiger charge is 2.36. The summed E-state index contributed by atoms with van der Waals surface area (Å²) < 4.78 is 5.07. The number of methoxy groups -OCH3 is 1. The molecule has 1 aromatic carbocycles. The van der Waals surface area contributed by atoms with E-state index in [1.807, 2.05) is 36.4 Å². The molecule has 3 rings (SSSR count). The molecule has 1 amide bonds. The summed E-state index contributed by atoms with van der Waals surface area (Å²) in [7, 11) is 1.54. The van der Waals surface area contributed by atoms with Crippen molar-refractivity contribution in [2.45, 2.75) is 37.8 Å². The van der Waals surface area contributed by atoms with Crippen molar-refractivity contribution in [1.82, 2.24) is 10.3 Å². The van der Waals surface area contributed by atoms with Gasteiger partial charge >= 0.3 is 0 Å². The first kappa shape index (κ1) is 19.0. The molecule has 0 radical (unpaired) electrons. The van der Waals surface area contributed by atoms with Crippen LogP contribution in [0.2, 0.25) is 0 Å². The molecule has 0 bridgehead atoms. The maximum absolute atomic E-state index is 12.4. The summed E-state index contributed by atoms with van der Waals surface area (Å²) >= 11 is 0. The van der Waals surface area contributed by atoms with Crippen LogP contribution in [0.5, 0.6) is 5.88 Å². The first-order valence-corrected chi connectivity index (χ1v) is 9.12. The third kappa shape index (κ3) is 4.92. The molecule has 6 heteroatoms. The van der Waals surface area contributed by atoms with E-state index in [1.54, 1.807) is 12.3 Å². The number of aryl methyl sites for hydroxylation is 1. The second-order valence-electron chi connectivity index (χ2n) is 6.88. The normalized spacial score (nSPS) is 19.6. The summed E-state index contributed by atoms with van der Waals surface area (Å²) in [4.78, 5) is 28.9. The molecule has 1 aliphatic rings. The largest absolute Gasteiger partial charge is 0.481 e. The second-order valence-corrected chi connectivity index (χ2v) is 6.88. The predicted octanol–water partition coefficient (Wildman–Crippen LogP) is 2.22. The molecule has 1 saturated carbocycles. The number of Topliss-reactive ketones (excluding diaryl/α,β-unsaturated/α-hetero) is 1. The molecular weight excluding hydrogens is 344 g/mol. The van der Waals surface area contributed by atoms with Crippen LogP contribution >= 0.6 is 0 Å². The number of aromatic nitrogens is 1. The number of ether oxygens (including phenoxy) is 1. The summed E-state index contributed by atoms with van der Waals surface area (Å²) in [5.74, 6) is -0.462. The lowest BCUT2D eigenvalue weighted by Crippen LogP contribution is -2.43. The third-order valence-electron chi connectivity index (χ3n) is 4.97. The summed E-state index contributed by atoms with van der Waals surface area (Å²) in [5, 5.41) is 12.5. The number of hydrogen-bond donors (Lipinski definition) is 2. The van der Waals surface area contributed by atoms with Crippen LogP contribution in [-0.2, 0) is 16.0 Å². The van der Waals surface area contributed by atoms with Gasteiger partial charge < -0.3 is 15.2 Å². The summed E-state index contributed by atoms with van der Waals surface area (Å²) in [6.07, 6.45) is 3.17. The van der Waals surface area contributed by atoms with Crippen molar-refractivity contribution in [2.24, 2.45) is 5.92 Å². The smallest absolute Gasteiger partial charge is 0.287 e. The lowest BCUT2D eigenvalue weighted by Gasteiger charge is -2.38. The minimum atomic E-state index is -0.590. The second kappa shape index (κ2) is 8.77. The number of rotatable bonds is 8. The Morgan fingerprint density at radius 3 is 2.56 bits per heavy atom. The molecule has 0 saturated heterocycles. The predicted molar refractivity (Wildman–Crippen MR) is 100 cm³/mol. The van der Waals surface area contributed by atoms with Gasteiger partial charge in [0.15, 0.2) is 0 Å². The molecule has 1 heterocycles. The van der Waals surface area contributed by atoms with E-state index in [2.05, 4.69) is 10.3 Å². The molecule has 1 aliphatic carbocycles. The van der Waals surface area contributed by atoms with Crippen LogP contribution < -0.4 is 10.1 Å². The fourth-order valence-electron chi connectivity index (χ4n) is 3.31. The summed E-state index contributed by atoms with van der Waals surface area (Å²) in [6, 6.07) is 12.8. The number of hydrogen-bond acceptors (Lipinski definition) is 5. The summed E-state index contributed by atoms with van der Waals surface area (Å²) in [5.41, 5.74) is 1.83. The highest BCUT2D eigenvalue weighted by molar-refractivity contribution is 6.36. The lowest BCUT2D eigenvalue weighted by atomic mass is 9.75. The standard InChI is InChI=1S/C21H24N2O4/c1-27-19-10-8-15(13-22-19)20(16-11-17(24)12-16)23-21(26)18(25)9-7-14-5-3-2-4-6-14/h2-6,8,10,13,16-17,20,24H,7,9,11-12H2,1H3,(H,23,26)/t16?,17?,20-/m1/s1. The van der Waals surface area contributed by atoms with Gasteiger partial charge in [0.2, 0.25) is 11.7 Å². The third-order valence-corrected chi connectivity index (χ3v) is 4.97. The molecular formula is C21H24N2O4. The SMILES string of the molecule is COc1ccc([C@@H](NC(=O)C(=O)CCc2ccccc2)C2CC(O)C2)cn1. The van der Waals surface area contributed by atoms with E-state index < -0.39 is 11.7 Å². The summed E-state index contributed by atoms with van der Waals surface area (Å²) in [6.45, 7) is 0. The van der Waals surface area contributed by atoms with E-state index in [4.69, 9.17) is 4.74 Å². The average Bonchev–Trinajstić information content (AvgIpc) is 2.69. The Hall–Kier alpha value is -2.73. The van der Waals surface area contributed by atoms with Crippen LogP contribution in [0.15, 0.2) is 48.7 Å². The van der Waals surface area contributed by atoms with Crippen molar-refractivity contribution in [3.05, 3.63) is 59.8 Å². The van der Waals surface area contributed by atoms with Gasteiger partial charge in [0, 0.05) is 18.7 Å². The number of carbonyl (C=O) groups excluding carboxylic acids is 2. The van der Waals surface area contributed by atoms with Gasteiger partial charge in [-0.25, -0.2) is 4.98 Å². The molecule has 1 atom stereocenters. The Balaban J connectivity index is 1.63. The molecule has 0 spiro atoms. The first-order chi connectivity index (χ1) is 13.1. The quantitative estimate of drug-likeness (QED) is 0.698. The van der Waals surface area contributed by atoms with Gasteiger partial charge in [-0.3, -0.25) is 9.59 Å². The van der Waals surface area contributed by atoms with Gasteiger partial charge in [-0.05, 0) is 36.3 Å². The molecule has 2 N–H and O–H groups in total. The van der Waals surface area contributed by atoms with Gasteiger partial charge in [-0.1, -0.05) is 36.4 Å². The zero-order valence-corrected chi connectivity index (χ0v) is 15.3. The number of aliphatic hydroxyl groups is 1. The number of aliphatic hydroxyl groups excluding tert-OH is 1. The maximum Gasteiger partial charge on any atom is 0.287 e. The fraction of sp³-hybridized carbons (Fsp3) is 0.381. The van der Waals surface area contributed by atoms with E-state index in [1.165, 1.54) is 7.11 Å². The maximum atomic E-state index is 12.4. The van der Waals surface area contributed by atoms with Crippen LogP contribution in [0.3, 0.4) is 0 Å². The molecule has 142 valence electrons. The molecule has 0 aliphatic heterocycles. The molecule has 1 fully saturated rings. The van der Waals surface area contributed by atoms with Gasteiger partial charge in [0.1, 0.15) is 0 Å².